The molecule has 34 heavy (non-hydrogen) atoms. The molecule has 0 bridgehead atoms. The van der Waals surface area contributed by atoms with Gasteiger partial charge in [0, 0.05) is 55.8 Å². The largest absolute Gasteiger partial charge is 0.338 e. The lowest BCUT2D eigenvalue weighted by molar-refractivity contribution is 1.06. The smallest absolute Gasteiger partial charge is 0.161 e. The summed E-state index contributed by atoms with van der Waals surface area (Å²) in [4.78, 5) is 10.9. The summed E-state index contributed by atoms with van der Waals surface area (Å²) in [7, 11) is 0. The molecule has 1 N–H and O–H groups in total. The van der Waals surface area contributed by atoms with Crippen molar-refractivity contribution in [1.82, 2.24) is 20.2 Å². The fourth-order valence-electron chi connectivity index (χ4n) is 3.93. The van der Waals surface area contributed by atoms with E-state index in [4.69, 9.17) is 0 Å². The van der Waals surface area contributed by atoms with Crippen LogP contribution in [0.3, 0.4) is 0 Å². The Bertz CT molecular complexity index is 1600. The highest BCUT2D eigenvalue weighted by Gasteiger charge is 2.11. The van der Waals surface area contributed by atoms with Crippen LogP contribution >= 0.6 is 11.8 Å². The summed E-state index contributed by atoms with van der Waals surface area (Å²) in [5, 5.41) is 15.7. The van der Waals surface area contributed by atoms with Crippen molar-refractivity contribution in [3.8, 4) is 11.3 Å². The molecule has 0 unspecified atom stereocenters. The number of nitrogens with zero attached hydrogens (tertiary/aromatic N) is 4. The molecule has 3 aromatic carbocycles. The number of benzene rings is 3. The first-order chi connectivity index (χ1) is 16.8. The van der Waals surface area contributed by atoms with E-state index in [0.29, 0.717) is 0 Å². The van der Waals surface area contributed by atoms with Crippen LogP contribution in [0.15, 0.2) is 119 Å². The molecule has 162 valence electrons. The van der Waals surface area contributed by atoms with Gasteiger partial charge in [-0.1, -0.05) is 66.4 Å². The van der Waals surface area contributed by atoms with E-state index in [2.05, 4.69) is 74.0 Å². The fourth-order valence-corrected chi connectivity index (χ4v) is 4.85. The summed E-state index contributed by atoms with van der Waals surface area (Å²) in [6.45, 7) is 0. The van der Waals surface area contributed by atoms with Crippen molar-refractivity contribution >= 4 is 44.9 Å². The van der Waals surface area contributed by atoms with E-state index in [9.17, 15) is 0 Å². The second-order valence-electron chi connectivity index (χ2n) is 7.76. The van der Waals surface area contributed by atoms with Gasteiger partial charge in [-0.2, -0.15) is 0 Å². The van der Waals surface area contributed by atoms with Crippen LogP contribution in [0.1, 0.15) is 0 Å². The highest BCUT2D eigenvalue weighted by molar-refractivity contribution is 7.99. The Hall–Kier alpha value is -4.29. The topological polar surface area (TPSA) is 63.6 Å². The first-order valence-electron chi connectivity index (χ1n) is 10.9. The highest BCUT2D eigenvalue weighted by atomic mass is 32.2. The van der Waals surface area contributed by atoms with Crippen molar-refractivity contribution in [2.75, 3.05) is 5.32 Å². The molecule has 0 amide bonds. The van der Waals surface area contributed by atoms with Crippen LogP contribution in [0.25, 0.3) is 32.9 Å². The molecule has 0 atom stereocenters. The minimum atomic E-state index is 0.738. The molecule has 0 radical (unpaired) electrons. The molecule has 0 aliphatic carbocycles. The highest BCUT2D eigenvalue weighted by Crippen LogP contribution is 2.34. The normalized spacial score (nSPS) is 11.1. The Labute approximate surface area is 200 Å². The van der Waals surface area contributed by atoms with Gasteiger partial charge in [0.25, 0.3) is 0 Å². The van der Waals surface area contributed by atoms with Gasteiger partial charge in [0.05, 0.1) is 5.52 Å². The quantitative estimate of drug-likeness (QED) is 0.297. The van der Waals surface area contributed by atoms with E-state index in [-0.39, 0.29) is 0 Å². The zero-order valence-electron chi connectivity index (χ0n) is 18.1. The Morgan fingerprint density at radius 3 is 2.29 bits per heavy atom. The average Bonchev–Trinajstić information content (AvgIpc) is 2.91. The monoisotopic (exact) mass is 457 g/mol. The zero-order valence-corrected chi connectivity index (χ0v) is 18.9. The third kappa shape index (κ3) is 3.95. The van der Waals surface area contributed by atoms with Crippen molar-refractivity contribution in [3.05, 3.63) is 110 Å². The van der Waals surface area contributed by atoms with Crippen molar-refractivity contribution in [1.29, 1.82) is 0 Å². The average molecular weight is 458 g/mol. The number of hydrogen-bond acceptors (Lipinski definition) is 6. The molecule has 0 saturated heterocycles. The number of nitrogens with one attached hydrogen (secondary N) is 1. The molecular formula is C28H19N5S. The van der Waals surface area contributed by atoms with E-state index in [1.54, 1.807) is 18.0 Å². The molecule has 0 aliphatic heterocycles. The lowest BCUT2D eigenvalue weighted by Gasteiger charge is -2.12. The Morgan fingerprint density at radius 2 is 1.44 bits per heavy atom. The van der Waals surface area contributed by atoms with Crippen molar-refractivity contribution < 1.29 is 0 Å². The molecule has 6 aromatic rings. The second kappa shape index (κ2) is 8.92. The van der Waals surface area contributed by atoms with Crippen LogP contribution in [0.4, 0.5) is 11.5 Å². The number of pyridine rings is 2. The van der Waals surface area contributed by atoms with Crippen molar-refractivity contribution in [2.24, 2.45) is 0 Å². The maximum Gasteiger partial charge on any atom is 0.161 e. The van der Waals surface area contributed by atoms with E-state index >= 15 is 0 Å². The van der Waals surface area contributed by atoms with Gasteiger partial charge in [0.1, 0.15) is 5.69 Å². The number of rotatable bonds is 5. The predicted molar refractivity (Wildman–Crippen MR) is 138 cm³/mol. The van der Waals surface area contributed by atoms with Crippen LogP contribution in [0, 0.1) is 0 Å². The van der Waals surface area contributed by atoms with E-state index in [0.717, 1.165) is 54.2 Å². The minimum absolute atomic E-state index is 0.738. The zero-order chi connectivity index (χ0) is 22.7. The molecule has 0 spiro atoms. The number of hydrogen-bond donors (Lipinski definition) is 1. The van der Waals surface area contributed by atoms with Gasteiger partial charge in [-0.15, -0.1) is 10.2 Å². The predicted octanol–water partition coefficient (Wildman–Crippen LogP) is 7.13. The van der Waals surface area contributed by atoms with Gasteiger partial charge in [-0.05, 0) is 36.4 Å². The maximum atomic E-state index is 4.55. The Kier molecular flexibility index (Phi) is 5.33. The molecule has 5 nitrogen and oxygen atoms in total. The molecule has 0 saturated carbocycles. The summed E-state index contributed by atoms with van der Waals surface area (Å²) in [5.41, 5.74) is 3.84. The Balaban J connectivity index is 1.28. The van der Waals surface area contributed by atoms with Crippen LogP contribution < -0.4 is 5.32 Å². The summed E-state index contributed by atoms with van der Waals surface area (Å²) in [5.74, 6) is 0.738. The molecule has 0 aliphatic rings. The third-order valence-corrected chi connectivity index (χ3v) is 6.67. The number of aromatic nitrogens is 4. The molecule has 6 rings (SSSR count). The fraction of sp³-hybridized carbons (Fsp3) is 0. The first-order valence-corrected chi connectivity index (χ1v) is 11.7. The van der Waals surface area contributed by atoms with Gasteiger partial charge in [-0.3, -0.25) is 9.97 Å². The minimum Gasteiger partial charge on any atom is -0.338 e. The molecule has 3 aromatic heterocycles. The van der Waals surface area contributed by atoms with Gasteiger partial charge < -0.3 is 5.32 Å². The summed E-state index contributed by atoms with van der Waals surface area (Å²) in [6, 6.07) is 30.7. The van der Waals surface area contributed by atoms with E-state index < -0.39 is 0 Å². The third-order valence-electron chi connectivity index (χ3n) is 5.58. The summed E-state index contributed by atoms with van der Waals surface area (Å²) >= 11 is 1.70. The molecule has 0 fully saturated rings. The van der Waals surface area contributed by atoms with Crippen molar-refractivity contribution in [2.45, 2.75) is 9.79 Å². The van der Waals surface area contributed by atoms with Crippen LogP contribution in [0.5, 0.6) is 0 Å². The maximum absolute atomic E-state index is 4.55. The molecule has 3 heterocycles. The first kappa shape index (κ1) is 20.3. The van der Waals surface area contributed by atoms with Gasteiger partial charge in [0.15, 0.2) is 5.82 Å². The van der Waals surface area contributed by atoms with E-state index in [1.165, 1.54) is 0 Å². The standard InChI is InChI=1S/C28H19N5S/c1-2-6-19(7-3-1)27-22-8-4-5-9-23(22)28(33-32-27)31-20-10-12-21(13-11-20)34-26-15-17-30-25-14-16-29-18-24(25)26/h1-18H,(H,31,33). The number of anilines is 2. The van der Waals surface area contributed by atoms with Crippen molar-refractivity contribution in [3.63, 3.8) is 0 Å². The lowest BCUT2D eigenvalue weighted by Crippen LogP contribution is -1.99. The SMILES string of the molecule is c1ccc(-c2nnc(Nc3ccc(Sc4ccnc5ccncc45)cc3)c3ccccc23)cc1. The number of fused-ring (bicyclic) bond motifs is 2. The van der Waals surface area contributed by atoms with Gasteiger partial charge in [-0.25, -0.2) is 0 Å². The van der Waals surface area contributed by atoms with Gasteiger partial charge in [0.2, 0.25) is 0 Å². The van der Waals surface area contributed by atoms with E-state index in [1.807, 2.05) is 54.9 Å². The lowest BCUT2D eigenvalue weighted by atomic mass is 10.0. The Morgan fingerprint density at radius 1 is 0.647 bits per heavy atom. The second-order valence-corrected chi connectivity index (χ2v) is 8.88. The summed E-state index contributed by atoms with van der Waals surface area (Å²) in [6.07, 6.45) is 5.47. The molecular weight excluding hydrogens is 438 g/mol. The van der Waals surface area contributed by atoms with Crippen LogP contribution in [-0.2, 0) is 0 Å². The summed E-state index contributed by atoms with van der Waals surface area (Å²) < 4.78 is 0. The van der Waals surface area contributed by atoms with Crippen LogP contribution in [0.2, 0.25) is 0 Å². The van der Waals surface area contributed by atoms with Gasteiger partial charge >= 0.3 is 0 Å². The molecule has 6 heteroatoms. The van der Waals surface area contributed by atoms with Crippen LogP contribution in [-0.4, -0.2) is 20.2 Å².